The molecule has 78 valence electrons. The first kappa shape index (κ1) is 12.2. The summed E-state index contributed by atoms with van der Waals surface area (Å²) < 4.78 is 9.55. The molecular weight excluding hydrogens is 174 g/mol. The molecule has 0 atom stereocenters. The number of methoxy groups -OCH3 is 1. The molecule has 0 spiro atoms. The number of amides is 1. The van der Waals surface area contributed by atoms with Crippen molar-refractivity contribution in [1.29, 1.82) is 0 Å². The lowest BCUT2D eigenvalue weighted by molar-refractivity contribution is -0.130. The van der Waals surface area contributed by atoms with Gasteiger partial charge in [-0.15, -0.1) is 0 Å². The zero-order valence-electron chi connectivity index (χ0n) is 8.41. The van der Waals surface area contributed by atoms with Crippen molar-refractivity contribution < 1.29 is 19.1 Å². The normalized spacial score (nSPS) is 9.77. The molecule has 0 aromatic heterocycles. The van der Waals surface area contributed by atoms with Gasteiger partial charge in [0.1, 0.15) is 6.61 Å². The lowest BCUT2D eigenvalue weighted by atomic mass is 10.7. The van der Waals surface area contributed by atoms with Gasteiger partial charge >= 0.3 is 6.09 Å². The Kier molecular flexibility index (Phi) is 7.33. The van der Waals surface area contributed by atoms with Crippen LogP contribution in [0.25, 0.3) is 0 Å². The van der Waals surface area contributed by atoms with Gasteiger partial charge in [-0.05, 0) is 13.8 Å². The molecule has 0 aromatic rings. The molecule has 0 radical (unpaired) electrons. The van der Waals surface area contributed by atoms with Gasteiger partial charge in [0.25, 0.3) is 0 Å². The van der Waals surface area contributed by atoms with Crippen LogP contribution in [0.15, 0.2) is 0 Å². The summed E-state index contributed by atoms with van der Waals surface area (Å²) >= 11 is 0. The molecule has 5 heteroatoms. The van der Waals surface area contributed by atoms with Gasteiger partial charge in [-0.1, -0.05) is 0 Å². The van der Waals surface area contributed by atoms with Gasteiger partial charge < -0.3 is 9.47 Å². The first-order valence-electron chi connectivity index (χ1n) is 4.32. The fourth-order valence-electron chi connectivity index (χ4n) is 0.713. The molecular formula is C8H17NO4. The van der Waals surface area contributed by atoms with Crippen LogP contribution in [0.1, 0.15) is 13.8 Å². The highest BCUT2D eigenvalue weighted by atomic mass is 16.7. The average Bonchev–Trinajstić information content (AvgIpc) is 2.14. The largest absolute Gasteiger partial charge is 0.445 e. The van der Waals surface area contributed by atoms with E-state index in [1.165, 1.54) is 5.06 Å². The molecule has 0 saturated carbocycles. The summed E-state index contributed by atoms with van der Waals surface area (Å²) in [6.07, 6.45) is -0.471. The summed E-state index contributed by atoms with van der Waals surface area (Å²) in [4.78, 5) is 16.2. The highest BCUT2D eigenvalue weighted by molar-refractivity contribution is 5.66. The van der Waals surface area contributed by atoms with Crippen LogP contribution in [0.2, 0.25) is 0 Å². The van der Waals surface area contributed by atoms with E-state index >= 15 is 0 Å². The van der Waals surface area contributed by atoms with Crippen molar-refractivity contribution in [3.05, 3.63) is 0 Å². The molecule has 0 unspecified atom stereocenters. The number of carbonyl (C=O) groups excluding carboxylic acids is 1. The summed E-state index contributed by atoms with van der Waals surface area (Å²) in [5, 5.41) is 1.18. The van der Waals surface area contributed by atoms with E-state index in [1.54, 1.807) is 7.11 Å². The molecule has 0 aliphatic heterocycles. The average molecular weight is 191 g/mol. The van der Waals surface area contributed by atoms with Crippen molar-refractivity contribution >= 4 is 6.09 Å². The first-order chi connectivity index (χ1) is 6.26. The molecule has 0 aliphatic rings. The van der Waals surface area contributed by atoms with E-state index in [0.29, 0.717) is 19.8 Å². The fraction of sp³-hybridized carbons (Fsp3) is 0.875. The van der Waals surface area contributed by atoms with Gasteiger partial charge in [-0.2, -0.15) is 5.06 Å². The maximum absolute atomic E-state index is 11.2. The van der Waals surface area contributed by atoms with Gasteiger partial charge in [0.05, 0.1) is 13.2 Å². The van der Waals surface area contributed by atoms with Gasteiger partial charge in [-0.3, -0.25) is 4.84 Å². The van der Waals surface area contributed by atoms with Crippen LogP contribution >= 0.6 is 0 Å². The summed E-state index contributed by atoms with van der Waals surface area (Å²) in [6.45, 7) is 5.19. The van der Waals surface area contributed by atoms with Crippen LogP contribution in [0.5, 0.6) is 0 Å². The molecule has 0 fully saturated rings. The van der Waals surface area contributed by atoms with Crippen molar-refractivity contribution in [2.24, 2.45) is 0 Å². The van der Waals surface area contributed by atoms with Crippen LogP contribution in [-0.2, 0) is 14.3 Å². The number of hydroxylamine groups is 2. The maximum Gasteiger partial charge on any atom is 0.434 e. The third kappa shape index (κ3) is 5.43. The van der Waals surface area contributed by atoms with Crippen molar-refractivity contribution in [1.82, 2.24) is 5.06 Å². The van der Waals surface area contributed by atoms with E-state index in [-0.39, 0.29) is 6.61 Å². The van der Waals surface area contributed by atoms with Gasteiger partial charge in [0, 0.05) is 13.7 Å². The second-order valence-corrected chi connectivity index (χ2v) is 2.22. The lowest BCUT2D eigenvalue weighted by Crippen LogP contribution is -2.32. The summed E-state index contributed by atoms with van der Waals surface area (Å²) in [5.74, 6) is 0. The molecule has 0 saturated heterocycles. The van der Waals surface area contributed by atoms with Crippen LogP contribution in [-0.4, -0.2) is 44.6 Å². The third-order valence-electron chi connectivity index (χ3n) is 1.29. The zero-order chi connectivity index (χ0) is 10.1. The highest BCUT2D eigenvalue weighted by Crippen LogP contribution is 1.94. The molecule has 0 heterocycles. The van der Waals surface area contributed by atoms with Gasteiger partial charge in [-0.25, -0.2) is 4.79 Å². The summed E-state index contributed by atoms with van der Waals surface area (Å²) in [5.41, 5.74) is 0. The second kappa shape index (κ2) is 7.82. The minimum Gasteiger partial charge on any atom is -0.445 e. The van der Waals surface area contributed by atoms with Crippen LogP contribution in [0, 0.1) is 0 Å². The molecule has 0 bridgehead atoms. The minimum absolute atomic E-state index is 0.249. The first-order valence-corrected chi connectivity index (χ1v) is 4.32. The highest BCUT2D eigenvalue weighted by Gasteiger charge is 2.12. The van der Waals surface area contributed by atoms with E-state index in [0.717, 1.165) is 0 Å². The molecule has 5 nitrogen and oxygen atoms in total. The Morgan fingerprint density at radius 1 is 1.31 bits per heavy atom. The smallest absolute Gasteiger partial charge is 0.434 e. The van der Waals surface area contributed by atoms with Gasteiger partial charge in [0.15, 0.2) is 0 Å². The van der Waals surface area contributed by atoms with E-state index in [2.05, 4.69) is 0 Å². The molecule has 0 rings (SSSR count). The SMILES string of the molecule is CCON(CC)C(=O)OCCOC. The monoisotopic (exact) mass is 191 g/mol. The molecule has 13 heavy (non-hydrogen) atoms. The number of hydrogen-bond acceptors (Lipinski definition) is 4. The van der Waals surface area contributed by atoms with Crippen LogP contribution in [0.3, 0.4) is 0 Å². The number of hydrogen-bond donors (Lipinski definition) is 0. The quantitative estimate of drug-likeness (QED) is 0.465. The minimum atomic E-state index is -0.471. The molecule has 0 aromatic carbocycles. The van der Waals surface area contributed by atoms with E-state index in [4.69, 9.17) is 14.3 Å². The topological polar surface area (TPSA) is 48.0 Å². The Morgan fingerprint density at radius 2 is 2.00 bits per heavy atom. The van der Waals surface area contributed by atoms with Crippen molar-refractivity contribution in [2.75, 3.05) is 33.5 Å². The standard InChI is InChI=1S/C8H17NO4/c1-4-9(13-5-2)8(10)12-7-6-11-3/h4-7H2,1-3H3. The Hall–Kier alpha value is -0.810. The number of carbonyl (C=O) groups is 1. The Balaban J connectivity index is 3.64. The maximum atomic E-state index is 11.2. The van der Waals surface area contributed by atoms with Crippen molar-refractivity contribution in [3.63, 3.8) is 0 Å². The Bertz CT molecular complexity index is 140. The Morgan fingerprint density at radius 3 is 2.46 bits per heavy atom. The van der Waals surface area contributed by atoms with E-state index in [1.807, 2.05) is 13.8 Å². The zero-order valence-corrected chi connectivity index (χ0v) is 8.41. The van der Waals surface area contributed by atoms with E-state index in [9.17, 15) is 4.79 Å². The predicted molar refractivity (Wildman–Crippen MR) is 47.2 cm³/mol. The van der Waals surface area contributed by atoms with E-state index < -0.39 is 6.09 Å². The van der Waals surface area contributed by atoms with Crippen LogP contribution in [0.4, 0.5) is 4.79 Å². The Labute approximate surface area is 78.5 Å². The van der Waals surface area contributed by atoms with Crippen molar-refractivity contribution in [2.45, 2.75) is 13.8 Å². The van der Waals surface area contributed by atoms with Gasteiger partial charge in [0.2, 0.25) is 0 Å². The van der Waals surface area contributed by atoms with Crippen LogP contribution < -0.4 is 0 Å². The third-order valence-corrected chi connectivity index (χ3v) is 1.29. The van der Waals surface area contributed by atoms with Crippen molar-refractivity contribution in [3.8, 4) is 0 Å². The summed E-state index contributed by atoms with van der Waals surface area (Å²) in [6, 6.07) is 0. The fourth-order valence-corrected chi connectivity index (χ4v) is 0.713. The number of rotatable bonds is 6. The molecule has 0 aliphatic carbocycles. The molecule has 0 N–H and O–H groups in total. The predicted octanol–water partition coefficient (Wildman–Crippen LogP) is 1.04. The lowest BCUT2D eigenvalue weighted by Gasteiger charge is -2.18. The second-order valence-electron chi connectivity index (χ2n) is 2.22. The number of ether oxygens (including phenoxy) is 2. The molecule has 1 amide bonds. The summed E-state index contributed by atoms with van der Waals surface area (Å²) in [7, 11) is 1.55. The number of nitrogens with zero attached hydrogens (tertiary/aromatic N) is 1.